The third kappa shape index (κ3) is 3.12. The highest BCUT2D eigenvalue weighted by Crippen LogP contribution is 2.32. The molecule has 2 N–H and O–H groups in total. The number of nitrogens with one attached hydrogen (secondary N) is 1. The standard InChI is InChI=1S/C15H18ClNO3/c1-9-12(16)7-4-8-13(9)17-14(18)10-5-2-3-6-11(10)15(19)20/h4,7-8,10-11H,2-3,5-6H2,1H3,(H,17,18)(H,19,20)/t10-,11+/m1/s1. The Morgan fingerprint density at radius 2 is 1.90 bits per heavy atom. The summed E-state index contributed by atoms with van der Waals surface area (Å²) >= 11 is 6.02. The van der Waals surface area contributed by atoms with Crippen LogP contribution in [-0.4, -0.2) is 17.0 Å². The molecule has 0 radical (unpaired) electrons. The molecule has 1 aliphatic rings. The van der Waals surface area contributed by atoms with Crippen LogP contribution in [0, 0.1) is 18.8 Å². The molecule has 0 aromatic heterocycles. The third-order valence-corrected chi connectivity index (χ3v) is 4.35. The van der Waals surface area contributed by atoms with Gasteiger partial charge in [-0.15, -0.1) is 0 Å². The molecule has 1 aromatic carbocycles. The number of anilines is 1. The zero-order valence-electron chi connectivity index (χ0n) is 11.4. The summed E-state index contributed by atoms with van der Waals surface area (Å²) < 4.78 is 0. The van der Waals surface area contributed by atoms with E-state index < -0.39 is 17.8 Å². The fourth-order valence-electron chi connectivity index (χ4n) is 2.71. The van der Waals surface area contributed by atoms with E-state index in [1.165, 1.54) is 0 Å². The van der Waals surface area contributed by atoms with E-state index in [0.29, 0.717) is 23.6 Å². The van der Waals surface area contributed by atoms with Gasteiger partial charge < -0.3 is 10.4 Å². The van der Waals surface area contributed by atoms with Crippen molar-refractivity contribution in [3.63, 3.8) is 0 Å². The minimum atomic E-state index is -0.882. The van der Waals surface area contributed by atoms with Crippen LogP contribution in [-0.2, 0) is 9.59 Å². The van der Waals surface area contributed by atoms with E-state index in [1.807, 2.05) is 6.92 Å². The Labute approximate surface area is 123 Å². The summed E-state index contributed by atoms with van der Waals surface area (Å²) in [5.74, 6) is -2.14. The lowest BCUT2D eigenvalue weighted by atomic mass is 9.78. The van der Waals surface area contributed by atoms with Gasteiger partial charge in [-0.3, -0.25) is 9.59 Å². The zero-order chi connectivity index (χ0) is 14.7. The van der Waals surface area contributed by atoms with Crippen LogP contribution in [0.4, 0.5) is 5.69 Å². The number of hydrogen-bond acceptors (Lipinski definition) is 2. The van der Waals surface area contributed by atoms with E-state index in [4.69, 9.17) is 11.6 Å². The lowest BCUT2D eigenvalue weighted by Gasteiger charge is -2.27. The highest BCUT2D eigenvalue weighted by molar-refractivity contribution is 6.31. The van der Waals surface area contributed by atoms with Gasteiger partial charge in [0, 0.05) is 10.7 Å². The quantitative estimate of drug-likeness (QED) is 0.897. The zero-order valence-corrected chi connectivity index (χ0v) is 12.1. The number of hydrogen-bond donors (Lipinski definition) is 2. The number of amides is 1. The highest BCUT2D eigenvalue weighted by Gasteiger charge is 2.35. The van der Waals surface area contributed by atoms with E-state index in [9.17, 15) is 14.7 Å². The molecule has 20 heavy (non-hydrogen) atoms. The molecule has 2 atom stereocenters. The smallest absolute Gasteiger partial charge is 0.307 e. The Balaban J connectivity index is 2.14. The number of halogens is 1. The molecule has 4 nitrogen and oxygen atoms in total. The van der Waals surface area contributed by atoms with Crippen molar-refractivity contribution in [2.45, 2.75) is 32.6 Å². The van der Waals surface area contributed by atoms with Gasteiger partial charge in [-0.05, 0) is 37.5 Å². The second-order valence-corrected chi connectivity index (χ2v) is 5.64. The first kappa shape index (κ1) is 14.9. The molecule has 1 aliphatic carbocycles. The maximum atomic E-state index is 12.3. The third-order valence-electron chi connectivity index (χ3n) is 3.95. The lowest BCUT2D eigenvalue weighted by Crippen LogP contribution is -2.36. The van der Waals surface area contributed by atoms with Gasteiger partial charge in [-0.1, -0.05) is 30.5 Å². The molecule has 1 saturated carbocycles. The predicted octanol–water partition coefficient (Wildman–Crippen LogP) is 3.48. The van der Waals surface area contributed by atoms with Gasteiger partial charge in [0.2, 0.25) is 5.91 Å². The molecule has 108 valence electrons. The molecule has 0 saturated heterocycles. The monoisotopic (exact) mass is 295 g/mol. The Morgan fingerprint density at radius 3 is 2.55 bits per heavy atom. The molecular weight excluding hydrogens is 278 g/mol. The molecule has 1 aromatic rings. The molecule has 0 spiro atoms. The van der Waals surface area contributed by atoms with Crippen molar-refractivity contribution in [3.05, 3.63) is 28.8 Å². The van der Waals surface area contributed by atoms with E-state index in [1.54, 1.807) is 18.2 Å². The van der Waals surface area contributed by atoms with Gasteiger partial charge in [-0.2, -0.15) is 0 Å². The van der Waals surface area contributed by atoms with Crippen LogP contribution in [0.15, 0.2) is 18.2 Å². The van der Waals surface area contributed by atoms with Crippen LogP contribution in [0.5, 0.6) is 0 Å². The molecule has 0 heterocycles. The molecule has 1 amide bonds. The average molecular weight is 296 g/mol. The van der Waals surface area contributed by atoms with E-state index in [0.717, 1.165) is 18.4 Å². The molecular formula is C15H18ClNO3. The van der Waals surface area contributed by atoms with Crippen molar-refractivity contribution in [2.75, 3.05) is 5.32 Å². The van der Waals surface area contributed by atoms with Crippen molar-refractivity contribution in [1.82, 2.24) is 0 Å². The summed E-state index contributed by atoms with van der Waals surface area (Å²) in [6, 6.07) is 5.30. The molecule has 0 bridgehead atoms. The number of rotatable bonds is 3. The number of carbonyl (C=O) groups excluding carboxylic acids is 1. The van der Waals surface area contributed by atoms with E-state index >= 15 is 0 Å². The van der Waals surface area contributed by atoms with Crippen LogP contribution >= 0.6 is 11.6 Å². The molecule has 1 fully saturated rings. The van der Waals surface area contributed by atoms with Crippen molar-refractivity contribution in [2.24, 2.45) is 11.8 Å². The van der Waals surface area contributed by atoms with Gasteiger partial charge in [0.1, 0.15) is 0 Å². The van der Waals surface area contributed by atoms with Crippen LogP contribution in [0.2, 0.25) is 5.02 Å². The molecule has 5 heteroatoms. The molecule has 2 rings (SSSR count). The number of aliphatic carboxylic acids is 1. The van der Waals surface area contributed by atoms with Crippen LogP contribution in [0.25, 0.3) is 0 Å². The second-order valence-electron chi connectivity index (χ2n) is 5.24. The first-order chi connectivity index (χ1) is 9.50. The SMILES string of the molecule is Cc1c(Cl)cccc1NC(=O)[C@@H]1CCCC[C@@H]1C(=O)O. The van der Waals surface area contributed by atoms with Gasteiger partial charge in [0.05, 0.1) is 11.8 Å². The van der Waals surface area contributed by atoms with Crippen LogP contribution in [0.3, 0.4) is 0 Å². The average Bonchev–Trinajstić information content (AvgIpc) is 2.43. The minimum absolute atomic E-state index is 0.220. The number of carboxylic acids is 1. The van der Waals surface area contributed by atoms with Crippen LogP contribution in [0.1, 0.15) is 31.2 Å². The van der Waals surface area contributed by atoms with Crippen LogP contribution < -0.4 is 5.32 Å². The Morgan fingerprint density at radius 1 is 1.25 bits per heavy atom. The molecule has 0 unspecified atom stereocenters. The fourth-order valence-corrected chi connectivity index (χ4v) is 2.88. The maximum absolute atomic E-state index is 12.3. The minimum Gasteiger partial charge on any atom is -0.481 e. The predicted molar refractivity (Wildman–Crippen MR) is 77.9 cm³/mol. The Hall–Kier alpha value is -1.55. The maximum Gasteiger partial charge on any atom is 0.307 e. The topological polar surface area (TPSA) is 66.4 Å². The van der Waals surface area contributed by atoms with Crippen molar-refractivity contribution in [3.8, 4) is 0 Å². The summed E-state index contributed by atoms with van der Waals surface area (Å²) in [4.78, 5) is 23.6. The van der Waals surface area contributed by atoms with Crippen molar-refractivity contribution >= 4 is 29.2 Å². The number of carbonyl (C=O) groups is 2. The van der Waals surface area contributed by atoms with E-state index in [2.05, 4.69) is 5.32 Å². The second kappa shape index (κ2) is 6.27. The molecule has 0 aliphatic heterocycles. The first-order valence-corrected chi connectivity index (χ1v) is 7.17. The van der Waals surface area contributed by atoms with Crippen molar-refractivity contribution in [1.29, 1.82) is 0 Å². The number of benzene rings is 1. The fraction of sp³-hybridized carbons (Fsp3) is 0.467. The van der Waals surface area contributed by atoms with Gasteiger partial charge in [0.25, 0.3) is 0 Å². The normalized spacial score (nSPS) is 22.3. The largest absolute Gasteiger partial charge is 0.481 e. The van der Waals surface area contributed by atoms with Crippen molar-refractivity contribution < 1.29 is 14.7 Å². The first-order valence-electron chi connectivity index (χ1n) is 6.79. The summed E-state index contributed by atoms with van der Waals surface area (Å²) in [6.07, 6.45) is 2.97. The highest BCUT2D eigenvalue weighted by atomic mass is 35.5. The number of carboxylic acid groups (broad SMARTS) is 1. The van der Waals surface area contributed by atoms with E-state index in [-0.39, 0.29) is 5.91 Å². The van der Waals surface area contributed by atoms with Gasteiger partial charge in [-0.25, -0.2) is 0 Å². The lowest BCUT2D eigenvalue weighted by molar-refractivity contribution is -0.147. The summed E-state index contributed by atoms with van der Waals surface area (Å²) in [5.41, 5.74) is 1.45. The van der Waals surface area contributed by atoms with Gasteiger partial charge >= 0.3 is 5.97 Å². The Kier molecular flexibility index (Phi) is 4.65. The summed E-state index contributed by atoms with van der Waals surface area (Å²) in [5, 5.41) is 12.6. The Bertz CT molecular complexity index is 530. The summed E-state index contributed by atoms with van der Waals surface area (Å²) in [6.45, 7) is 1.83. The summed E-state index contributed by atoms with van der Waals surface area (Å²) in [7, 11) is 0. The van der Waals surface area contributed by atoms with Gasteiger partial charge in [0.15, 0.2) is 0 Å².